The van der Waals surface area contributed by atoms with Gasteiger partial charge in [0.25, 0.3) is 0 Å². The number of halogens is 6. The Kier molecular flexibility index (Phi) is 8.89. The number of benzene rings is 3. The smallest absolute Gasteiger partial charge is 0.416 e. The summed E-state index contributed by atoms with van der Waals surface area (Å²) in [5, 5.41) is 13.0. The standard InChI is InChI=1S/C31H30F6N2O4/c32-30(33,34)21-5-1-20(2-6-21)16-39-17-25-26(18-39)28(25)38-13-14-42-23-9-3-19(4-10-23)15-27(29(40)41)43-24-11-7-22(8-12-24)31(35,36)37/h1-12,25-28,38H,13-18H2,(H,40,41)/t25?,26?,27-,28?/m0/s1. The van der Waals surface area contributed by atoms with Crippen molar-refractivity contribution in [1.82, 2.24) is 10.2 Å². The van der Waals surface area contributed by atoms with Gasteiger partial charge in [0.15, 0.2) is 6.10 Å². The van der Waals surface area contributed by atoms with Crippen LogP contribution in [-0.4, -0.2) is 54.4 Å². The average Bonchev–Trinajstić information content (AvgIpc) is 3.40. The van der Waals surface area contributed by atoms with Crippen molar-refractivity contribution in [3.8, 4) is 11.5 Å². The predicted molar refractivity (Wildman–Crippen MR) is 145 cm³/mol. The van der Waals surface area contributed by atoms with Crippen LogP contribution in [0.3, 0.4) is 0 Å². The highest BCUT2D eigenvalue weighted by Gasteiger charge is 2.55. The van der Waals surface area contributed by atoms with Gasteiger partial charge in [0.1, 0.15) is 18.1 Å². The van der Waals surface area contributed by atoms with Crippen LogP contribution in [0.25, 0.3) is 0 Å². The van der Waals surface area contributed by atoms with E-state index in [0.29, 0.717) is 48.9 Å². The summed E-state index contributed by atoms with van der Waals surface area (Å²) in [5.74, 6) is 0.430. The zero-order valence-electron chi connectivity index (χ0n) is 22.9. The first-order valence-corrected chi connectivity index (χ1v) is 13.8. The second-order valence-corrected chi connectivity index (χ2v) is 10.9. The number of alkyl halides is 6. The van der Waals surface area contributed by atoms with E-state index in [2.05, 4.69) is 10.2 Å². The number of fused-ring (bicyclic) bond motifs is 1. The van der Waals surface area contributed by atoms with Gasteiger partial charge < -0.3 is 19.9 Å². The number of carbonyl (C=O) groups is 1. The Morgan fingerprint density at radius 2 is 1.33 bits per heavy atom. The lowest BCUT2D eigenvalue weighted by atomic mass is 10.1. The number of ether oxygens (including phenoxy) is 2. The molecule has 1 aliphatic carbocycles. The molecule has 0 bridgehead atoms. The number of carboxylic acids is 1. The first-order valence-electron chi connectivity index (χ1n) is 13.8. The van der Waals surface area contributed by atoms with Crippen LogP contribution in [0, 0.1) is 11.8 Å². The van der Waals surface area contributed by atoms with Crippen LogP contribution >= 0.6 is 0 Å². The van der Waals surface area contributed by atoms with Gasteiger partial charge in [0.2, 0.25) is 0 Å². The maximum absolute atomic E-state index is 12.8. The highest BCUT2D eigenvalue weighted by molar-refractivity contribution is 5.73. The maximum Gasteiger partial charge on any atom is 0.416 e. The van der Waals surface area contributed by atoms with Crippen LogP contribution in [0.15, 0.2) is 72.8 Å². The average molecular weight is 609 g/mol. The Labute approximate surface area is 244 Å². The molecule has 12 heteroatoms. The van der Waals surface area contributed by atoms with Gasteiger partial charge in [-0.15, -0.1) is 0 Å². The first-order chi connectivity index (χ1) is 20.4. The number of rotatable bonds is 12. The summed E-state index contributed by atoms with van der Waals surface area (Å²) in [4.78, 5) is 13.9. The van der Waals surface area contributed by atoms with E-state index in [0.717, 1.165) is 55.1 Å². The van der Waals surface area contributed by atoms with Gasteiger partial charge in [-0.05, 0) is 71.5 Å². The van der Waals surface area contributed by atoms with Crippen LogP contribution in [0.1, 0.15) is 22.3 Å². The molecule has 6 nitrogen and oxygen atoms in total. The summed E-state index contributed by atoms with van der Waals surface area (Å²) >= 11 is 0. The fourth-order valence-electron chi connectivity index (χ4n) is 5.50. The molecule has 0 spiro atoms. The Morgan fingerprint density at radius 1 is 0.814 bits per heavy atom. The fourth-order valence-corrected chi connectivity index (χ4v) is 5.50. The summed E-state index contributed by atoms with van der Waals surface area (Å²) < 4.78 is 87.7. The Hall–Kier alpha value is -3.77. The largest absolute Gasteiger partial charge is 0.492 e. The molecule has 1 heterocycles. The summed E-state index contributed by atoms with van der Waals surface area (Å²) in [6, 6.07) is 16.4. The number of aliphatic carboxylic acids is 1. The number of nitrogens with one attached hydrogen (secondary N) is 1. The lowest BCUT2D eigenvalue weighted by molar-refractivity contribution is -0.145. The second kappa shape index (κ2) is 12.5. The molecule has 1 aliphatic heterocycles. The van der Waals surface area contributed by atoms with E-state index in [1.807, 2.05) is 0 Å². The number of likely N-dealkylation sites (tertiary alicyclic amines) is 1. The minimum absolute atomic E-state index is 0.0124. The van der Waals surface area contributed by atoms with Crippen LogP contribution < -0.4 is 14.8 Å². The maximum atomic E-state index is 12.8. The molecule has 2 fully saturated rings. The van der Waals surface area contributed by atoms with Crippen molar-refractivity contribution in [2.24, 2.45) is 11.8 Å². The van der Waals surface area contributed by atoms with E-state index in [1.54, 1.807) is 24.3 Å². The number of hydrogen-bond acceptors (Lipinski definition) is 5. The Bertz CT molecular complexity index is 1370. The van der Waals surface area contributed by atoms with Crippen LogP contribution in [-0.2, 0) is 30.1 Å². The molecule has 230 valence electrons. The zero-order chi connectivity index (χ0) is 30.8. The van der Waals surface area contributed by atoms with Gasteiger partial charge in [-0.2, -0.15) is 26.3 Å². The lowest BCUT2D eigenvalue weighted by Gasteiger charge is -2.20. The lowest BCUT2D eigenvalue weighted by Crippen LogP contribution is -2.33. The molecule has 2 unspecified atom stereocenters. The predicted octanol–water partition coefficient (Wildman–Crippen LogP) is 5.90. The van der Waals surface area contributed by atoms with E-state index in [4.69, 9.17) is 9.47 Å². The molecular formula is C31H30F6N2O4. The molecule has 1 saturated carbocycles. The summed E-state index contributed by atoms with van der Waals surface area (Å²) in [6.45, 7) is 3.49. The molecule has 3 aromatic carbocycles. The molecule has 2 aliphatic rings. The number of hydrogen-bond donors (Lipinski definition) is 2. The molecular weight excluding hydrogens is 578 g/mol. The van der Waals surface area contributed by atoms with E-state index < -0.39 is 35.6 Å². The van der Waals surface area contributed by atoms with Crippen LogP contribution in [0.5, 0.6) is 11.5 Å². The quantitative estimate of drug-likeness (QED) is 0.197. The highest BCUT2D eigenvalue weighted by Crippen LogP contribution is 2.45. The molecule has 0 radical (unpaired) electrons. The molecule has 43 heavy (non-hydrogen) atoms. The minimum atomic E-state index is -4.49. The number of carboxylic acid groups (broad SMARTS) is 1. The second-order valence-electron chi connectivity index (χ2n) is 10.9. The monoisotopic (exact) mass is 608 g/mol. The molecule has 3 aromatic rings. The number of nitrogens with zero attached hydrogens (tertiary/aromatic N) is 1. The third-order valence-corrected chi connectivity index (χ3v) is 7.79. The molecule has 2 N–H and O–H groups in total. The van der Waals surface area contributed by atoms with Gasteiger partial charge in [-0.3, -0.25) is 4.90 Å². The fraction of sp³-hybridized carbons (Fsp3) is 0.387. The molecule has 0 amide bonds. The van der Waals surface area contributed by atoms with Gasteiger partial charge >= 0.3 is 18.3 Å². The van der Waals surface area contributed by atoms with Crippen molar-refractivity contribution in [2.75, 3.05) is 26.2 Å². The molecule has 0 aromatic heterocycles. The van der Waals surface area contributed by atoms with Crippen molar-refractivity contribution >= 4 is 5.97 Å². The summed E-state index contributed by atoms with van der Waals surface area (Å²) in [5.41, 5.74) is 0.0398. The van der Waals surface area contributed by atoms with E-state index in [9.17, 15) is 36.2 Å². The van der Waals surface area contributed by atoms with E-state index in [1.165, 1.54) is 12.1 Å². The topological polar surface area (TPSA) is 71.0 Å². The van der Waals surface area contributed by atoms with Crippen molar-refractivity contribution in [1.29, 1.82) is 0 Å². The highest BCUT2D eigenvalue weighted by atomic mass is 19.4. The zero-order valence-corrected chi connectivity index (χ0v) is 22.9. The molecule has 3 atom stereocenters. The van der Waals surface area contributed by atoms with Crippen molar-refractivity contribution in [3.05, 3.63) is 95.1 Å². The molecule has 5 rings (SSSR count). The molecule has 1 saturated heterocycles. The van der Waals surface area contributed by atoms with Gasteiger partial charge in [-0.25, -0.2) is 4.79 Å². The number of piperidine rings is 1. The van der Waals surface area contributed by atoms with Crippen molar-refractivity contribution in [3.63, 3.8) is 0 Å². The Morgan fingerprint density at radius 3 is 1.86 bits per heavy atom. The Balaban J connectivity index is 0.999. The summed E-state index contributed by atoms with van der Waals surface area (Å²) in [7, 11) is 0. The third kappa shape index (κ3) is 7.99. The van der Waals surface area contributed by atoms with Crippen molar-refractivity contribution < 1.29 is 45.7 Å². The summed E-state index contributed by atoms with van der Waals surface area (Å²) in [6.07, 6.45) is -10.1. The van der Waals surface area contributed by atoms with Gasteiger partial charge in [-0.1, -0.05) is 24.3 Å². The normalized spacial score (nSPS) is 20.8. The SMILES string of the molecule is O=C(O)[C@H](Cc1ccc(OCCNC2C3CN(Cc4ccc(C(F)(F)F)cc4)CC32)cc1)Oc1ccc(C(F)(F)F)cc1. The van der Waals surface area contributed by atoms with Gasteiger partial charge in [0, 0.05) is 38.6 Å². The third-order valence-electron chi connectivity index (χ3n) is 7.79. The first kappa shape index (κ1) is 30.7. The van der Waals surface area contributed by atoms with E-state index in [-0.39, 0.29) is 12.2 Å². The van der Waals surface area contributed by atoms with Gasteiger partial charge in [0.05, 0.1) is 11.1 Å². The van der Waals surface area contributed by atoms with Crippen LogP contribution in [0.4, 0.5) is 26.3 Å². The minimum Gasteiger partial charge on any atom is -0.492 e. The van der Waals surface area contributed by atoms with Crippen LogP contribution in [0.2, 0.25) is 0 Å². The van der Waals surface area contributed by atoms with E-state index >= 15 is 0 Å². The van der Waals surface area contributed by atoms with Crippen molar-refractivity contribution in [2.45, 2.75) is 37.5 Å².